The topological polar surface area (TPSA) is 84.3 Å². The van der Waals surface area contributed by atoms with Gasteiger partial charge < -0.3 is 5.32 Å². The van der Waals surface area contributed by atoms with Crippen LogP contribution in [0, 0.1) is 0 Å². The third-order valence-electron chi connectivity index (χ3n) is 2.97. The van der Waals surface area contributed by atoms with Gasteiger partial charge in [0.25, 0.3) is 0 Å². The summed E-state index contributed by atoms with van der Waals surface area (Å²) in [4.78, 5) is 27.6. The van der Waals surface area contributed by atoms with E-state index in [1.165, 1.54) is 30.0 Å². The highest BCUT2D eigenvalue weighted by molar-refractivity contribution is 8.01. The van der Waals surface area contributed by atoms with Gasteiger partial charge in [0.2, 0.25) is 11.0 Å². The SMILES string of the molecule is CC(=O)Nc1nnc(SCC2=Nc3c(Cl)cccc3C(=O)C2)s1. The van der Waals surface area contributed by atoms with E-state index in [4.69, 9.17) is 11.6 Å². The molecule has 1 amide bonds. The number of carbonyl (C=O) groups excluding carboxylic acids is 2. The Balaban J connectivity index is 1.71. The molecule has 0 atom stereocenters. The van der Waals surface area contributed by atoms with Crippen molar-refractivity contribution in [2.45, 2.75) is 17.7 Å². The number of thioether (sulfide) groups is 1. The molecule has 6 nitrogen and oxygen atoms in total. The van der Waals surface area contributed by atoms with Crippen LogP contribution in [0.15, 0.2) is 27.5 Å². The van der Waals surface area contributed by atoms with Crippen molar-refractivity contribution in [3.63, 3.8) is 0 Å². The number of amides is 1. The number of hydrogen-bond acceptors (Lipinski definition) is 7. The molecule has 0 radical (unpaired) electrons. The molecule has 0 spiro atoms. The number of ketones is 1. The Labute approximate surface area is 145 Å². The summed E-state index contributed by atoms with van der Waals surface area (Å²) in [6.07, 6.45) is 0.275. The third-order valence-corrected chi connectivity index (χ3v) is 5.32. The standard InChI is InChI=1S/C14H11ClN4O2S2/c1-7(20)16-13-18-19-14(23-13)22-6-8-5-11(21)9-3-2-4-10(15)12(9)17-8/h2-4H,5-6H2,1H3,(H,16,18,20). The summed E-state index contributed by atoms with van der Waals surface area (Å²) in [5.74, 6) is 0.348. The number of aliphatic imine (C=N–C) groups is 1. The molecule has 3 rings (SSSR count). The first kappa shape index (κ1) is 16.1. The van der Waals surface area contributed by atoms with Crippen molar-refractivity contribution in [3.8, 4) is 0 Å². The second-order valence-electron chi connectivity index (χ2n) is 4.76. The average molecular weight is 367 g/mol. The highest BCUT2D eigenvalue weighted by atomic mass is 35.5. The zero-order chi connectivity index (χ0) is 16.4. The fourth-order valence-electron chi connectivity index (χ4n) is 2.03. The number of rotatable bonds is 4. The van der Waals surface area contributed by atoms with Gasteiger partial charge in [-0.05, 0) is 12.1 Å². The molecule has 2 heterocycles. The number of nitrogens with one attached hydrogen (secondary N) is 1. The molecule has 0 aliphatic carbocycles. The molecule has 1 aliphatic heterocycles. The van der Waals surface area contributed by atoms with Crippen LogP contribution in [0.5, 0.6) is 0 Å². The Kier molecular flexibility index (Phi) is 4.74. The second-order valence-corrected chi connectivity index (χ2v) is 7.36. The molecule has 0 fully saturated rings. The zero-order valence-corrected chi connectivity index (χ0v) is 14.4. The maximum Gasteiger partial charge on any atom is 0.223 e. The molecule has 1 aromatic carbocycles. The number of anilines is 1. The Morgan fingerprint density at radius 3 is 3.04 bits per heavy atom. The van der Waals surface area contributed by atoms with Crippen LogP contribution in [-0.2, 0) is 4.79 Å². The number of benzene rings is 1. The summed E-state index contributed by atoms with van der Waals surface area (Å²) in [5.41, 5.74) is 1.85. The van der Waals surface area contributed by atoms with Crippen molar-refractivity contribution in [1.29, 1.82) is 0 Å². The smallest absolute Gasteiger partial charge is 0.223 e. The maximum atomic E-state index is 12.2. The van der Waals surface area contributed by atoms with E-state index in [1.54, 1.807) is 18.2 Å². The zero-order valence-electron chi connectivity index (χ0n) is 12.0. The van der Waals surface area contributed by atoms with E-state index in [9.17, 15) is 9.59 Å². The normalized spacial score (nSPS) is 13.5. The molecule has 2 aromatic rings. The molecule has 1 aromatic heterocycles. The van der Waals surface area contributed by atoms with E-state index < -0.39 is 0 Å². The molecule has 1 aliphatic rings. The molecule has 0 saturated carbocycles. The Morgan fingerprint density at radius 1 is 1.43 bits per heavy atom. The van der Waals surface area contributed by atoms with E-state index in [0.717, 1.165) is 5.71 Å². The van der Waals surface area contributed by atoms with Crippen LogP contribution < -0.4 is 5.32 Å². The van der Waals surface area contributed by atoms with Crippen LogP contribution in [0.4, 0.5) is 10.8 Å². The number of Topliss-reactive ketones (excluding diaryl/α,β-unsaturated/α-hetero) is 1. The van der Waals surface area contributed by atoms with Crippen molar-refractivity contribution in [3.05, 3.63) is 28.8 Å². The van der Waals surface area contributed by atoms with E-state index in [-0.39, 0.29) is 18.1 Å². The average Bonchev–Trinajstić information content (AvgIpc) is 2.93. The Bertz CT molecular complexity index is 819. The van der Waals surface area contributed by atoms with Crippen molar-refractivity contribution in [2.24, 2.45) is 4.99 Å². The second kappa shape index (κ2) is 6.77. The molecule has 1 N–H and O–H groups in total. The molecule has 0 bridgehead atoms. The Hall–Kier alpha value is -1.77. The van der Waals surface area contributed by atoms with Crippen molar-refractivity contribution in [2.75, 3.05) is 11.1 Å². The molecule has 23 heavy (non-hydrogen) atoms. The first-order valence-electron chi connectivity index (χ1n) is 6.65. The van der Waals surface area contributed by atoms with Gasteiger partial charge in [0.1, 0.15) is 0 Å². The van der Waals surface area contributed by atoms with Gasteiger partial charge in [-0.25, -0.2) is 0 Å². The minimum absolute atomic E-state index is 0.0179. The van der Waals surface area contributed by atoms with Crippen molar-refractivity contribution in [1.82, 2.24) is 10.2 Å². The monoisotopic (exact) mass is 366 g/mol. The number of hydrogen-bond donors (Lipinski definition) is 1. The molecular formula is C14H11ClN4O2S2. The number of fused-ring (bicyclic) bond motifs is 1. The van der Waals surface area contributed by atoms with Gasteiger partial charge >= 0.3 is 0 Å². The molecule has 0 saturated heterocycles. The number of para-hydroxylation sites is 1. The van der Waals surface area contributed by atoms with Crippen LogP contribution in [0.2, 0.25) is 5.02 Å². The largest absolute Gasteiger partial charge is 0.301 e. The summed E-state index contributed by atoms with van der Waals surface area (Å²) in [7, 11) is 0. The number of carbonyl (C=O) groups is 2. The molecular weight excluding hydrogens is 356 g/mol. The van der Waals surface area contributed by atoms with E-state index in [2.05, 4.69) is 20.5 Å². The van der Waals surface area contributed by atoms with E-state index >= 15 is 0 Å². The fourth-order valence-corrected chi connectivity index (χ4v) is 3.97. The summed E-state index contributed by atoms with van der Waals surface area (Å²) < 4.78 is 0.703. The lowest BCUT2D eigenvalue weighted by molar-refractivity contribution is -0.114. The minimum atomic E-state index is -0.189. The lowest BCUT2D eigenvalue weighted by Crippen LogP contribution is -2.15. The highest BCUT2D eigenvalue weighted by Gasteiger charge is 2.22. The highest BCUT2D eigenvalue weighted by Crippen LogP contribution is 2.34. The minimum Gasteiger partial charge on any atom is -0.301 e. The summed E-state index contributed by atoms with van der Waals surface area (Å²) >= 11 is 8.82. The summed E-state index contributed by atoms with van der Waals surface area (Å²) in [6.45, 7) is 1.41. The number of halogens is 1. The lowest BCUT2D eigenvalue weighted by atomic mass is 10.0. The number of aromatic nitrogens is 2. The van der Waals surface area contributed by atoms with Crippen molar-refractivity contribution >= 4 is 62.9 Å². The molecule has 9 heteroatoms. The van der Waals surface area contributed by atoms with Gasteiger partial charge in [0.15, 0.2) is 10.1 Å². The predicted molar refractivity (Wildman–Crippen MR) is 92.4 cm³/mol. The summed E-state index contributed by atoms with van der Waals surface area (Å²) in [6, 6.07) is 5.21. The van der Waals surface area contributed by atoms with Gasteiger partial charge in [-0.1, -0.05) is 40.8 Å². The van der Waals surface area contributed by atoms with Crippen LogP contribution in [0.1, 0.15) is 23.7 Å². The predicted octanol–water partition coefficient (Wildman–Crippen LogP) is 3.60. The van der Waals surface area contributed by atoms with Crippen molar-refractivity contribution < 1.29 is 9.59 Å². The van der Waals surface area contributed by atoms with Gasteiger partial charge in [0, 0.05) is 24.0 Å². The van der Waals surface area contributed by atoms with Gasteiger partial charge in [-0.15, -0.1) is 10.2 Å². The van der Waals surface area contributed by atoms with Crippen LogP contribution in [0.25, 0.3) is 0 Å². The third kappa shape index (κ3) is 3.77. The maximum absolute atomic E-state index is 12.2. The van der Waals surface area contributed by atoms with Crippen LogP contribution in [-0.4, -0.2) is 33.4 Å². The molecule has 0 unspecified atom stereocenters. The number of nitrogens with zero attached hydrogens (tertiary/aromatic N) is 3. The van der Waals surface area contributed by atoms with Gasteiger partial charge in [-0.2, -0.15) is 0 Å². The first-order chi connectivity index (χ1) is 11.0. The lowest BCUT2D eigenvalue weighted by Gasteiger charge is -2.14. The van der Waals surface area contributed by atoms with Crippen LogP contribution in [0.3, 0.4) is 0 Å². The first-order valence-corrected chi connectivity index (χ1v) is 8.83. The van der Waals surface area contributed by atoms with Gasteiger partial charge in [-0.3, -0.25) is 14.6 Å². The quantitative estimate of drug-likeness (QED) is 0.660. The Morgan fingerprint density at radius 2 is 2.26 bits per heavy atom. The molecule has 118 valence electrons. The fraction of sp³-hybridized carbons (Fsp3) is 0.214. The van der Waals surface area contributed by atoms with Gasteiger partial charge in [0.05, 0.1) is 17.1 Å². The summed E-state index contributed by atoms with van der Waals surface area (Å²) in [5, 5.41) is 11.4. The van der Waals surface area contributed by atoms with E-state index in [0.29, 0.717) is 31.5 Å². The van der Waals surface area contributed by atoms with Crippen LogP contribution >= 0.6 is 34.7 Å². The van der Waals surface area contributed by atoms with E-state index in [1.807, 2.05) is 0 Å².